The van der Waals surface area contributed by atoms with Crippen LogP contribution < -0.4 is 23.8 Å². The predicted molar refractivity (Wildman–Crippen MR) is 182 cm³/mol. The van der Waals surface area contributed by atoms with E-state index in [1.165, 1.54) is 86.9 Å². The van der Waals surface area contributed by atoms with Crippen LogP contribution in [0.15, 0.2) is 95.9 Å². The number of sulfonamides is 1. The molecule has 0 radical (unpaired) electrons. The molecule has 4 rings (SSSR count). The lowest BCUT2D eigenvalue weighted by Gasteiger charge is -2.34. The molecule has 4 aromatic carbocycles. The highest BCUT2D eigenvalue weighted by Gasteiger charge is 2.36. The number of likely N-dealkylation sites (N-methyl/N-ethyl adjacent to an activating group) is 1. The minimum atomic E-state index is -4.52. The molecule has 0 aliphatic carbocycles. The molecule has 10 nitrogen and oxygen atoms in total. The SMILES string of the molecule is CCNC(=O)[C@H](Cc1ccccc1)N(Cc1ccc(F)cc1)C(=O)CN(c1cc(Cl)ccc1OC)S(=O)(=O)c1ccc(OC)c(OC)c1. The fourth-order valence-electron chi connectivity index (χ4n) is 5.11. The molecular formula is C35H37ClFN3O7S. The summed E-state index contributed by atoms with van der Waals surface area (Å²) >= 11 is 6.34. The van der Waals surface area contributed by atoms with Crippen LogP contribution in [0.3, 0.4) is 0 Å². The van der Waals surface area contributed by atoms with E-state index in [9.17, 15) is 22.4 Å². The van der Waals surface area contributed by atoms with Gasteiger partial charge < -0.3 is 24.4 Å². The molecular weight excluding hydrogens is 661 g/mol. The third-order valence-corrected chi connectivity index (χ3v) is 9.51. The van der Waals surface area contributed by atoms with Gasteiger partial charge in [-0.1, -0.05) is 54.1 Å². The third kappa shape index (κ3) is 8.55. The Kier molecular flexibility index (Phi) is 12.3. The summed E-state index contributed by atoms with van der Waals surface area (Å²) in [5, 5.41) is 2.99. The quantitative estimate of drug-likeness (QED) is 0.175. The zero-order valence-corrected chi connectivity index (χ0v) is 28.6. The van der Waals surface area contributed by atoms with Crippen molar-refractivity contribution >= 4 is 39.1 Å². The third-order valence-electron chi connectivity index (χ3n) is 7.52. The maximum atomic E-state index is 14.6. The lowest BCUT2D eigenvalue weighted by Crippen LogP contribution is -2.53. The summed E-state index contributed by atoms with van der Waals surface area (Å²) in [5.74, 6) is -1.04. The first kappa shape index (κ1) is 36.0. The minimum absolute atomic E-state index is 0.00696. The molecule has 0 bridgehead atoms. The summed E-state index contributed by atoms with van der Waals surface area (Å²) in [7, 11) is -0.366. The number of nitrogens with one attached hydrogen (secondary N) is 1. The molecule has 0 saturated carbocycles. The number of carbonyl (C=O) groups excluding carboxylic acids is 2. The summed E-state index contributed by atoms with van der Waals surface area (Å²) in [6.07, 6.45) is 0.128. The van der Waals surface area contributed by atoms with Crippen molar-refractivity contribution < 1.29 is 36.6 Å². The zero-order valence-electron chi connectivity index (χ0n) is 27.0. The van der Waals surface area contributed by atoms with Gasteiger partial charge in [0.05, 0.1) is 31.9 Å². The number of rotatable bonds is 15. The monoisotopic (exact) mass is 697 g/mol. The minimum Gasteiger partial charge on any atom is -0.495 e. The number of anilines is 1. The van der Waals surface area contributed by atoms with Gasteiger partial charge in [-0.05, 0) is 60.5 Å². The van der Waals surface area contributed by atoms with Gasteiger partial charge in [0.1, 0.15) is 24.2 Å². The van der Waals surface area contributed by atoms with E-state index in [2.05, 4.69) is 5.32 Å². The summed E-state index contributed by atoms with van der Waals surface area (Å²) in [5.41, 5.74) is 1.30. The number of ether oxygens (including phenoxy) is 3. The van der Waals surface area contributed by atoms with Gasteiger partial charge in [-0.25, -0.2) is 12.8 Å². The number of hydrogen-bond acceptors (Lipinski definition) is 7. The van der Waals surface area contributed by atoms with E-state index in [1.54, 1.807) is 6.92 Å². The van der Waals surface area contributed by atoms with E-state index in [0.29, 0.717) is 17.9 Å². The van der Waals surface area contributed by atoms with Crippen LogP contribution in [-0.2, 0) is 32.6 Å². The van der Waals surface area contributed by atoms with Crippen molar-refractivity contribution in [3.8, 4) is 17.2 Å². The van der Waals surface area contributed by atoms with Gasteiger partial charge in [-0.15, -0.1) is 0 Å². The molecule has 0 unspecified atom stereocenters. The summed E-state index contributed by atoms with van der Waals surface area (Å²) in [6, 6.07) is 22.0. The molecule has 0 heterocycles. The Morgan fingerprint density at radius 3 is 2.10 bits per heavy atom. The van der Waals surface area contributed by atoms with Crippen LogP contribution in [0.1, 0.15) is 18.1 Å². The van der Waals surface area contributed by atoms with E-state index in [1.807, 2.05) is 30.3 Å². The smallest absolute Gasteiger partial charge is 0.265 e. The molecule has 254 valence electrons. The van der Waals surface area contributed by atoms with Crippen LogP contribution in [0.4, 0.5) is 10.1 Å². The molecule has 2 amide bonds. The second kappa shape index (κ2) is 16.3. The topological polar surface area (TPSA) is 114 Å². The van der Waals surface area contributed by atoms with Gasteiger partial charge in [0.15, 0.2) is 11.5 Å². The molecule has 0 aromatic heterocycles. The Morgan fingerprint density at radius 2 is 1.48 bits per heavy atom. The Bertz CT molecular complexity index is 1830. The number of amides is 2. The highest BCUT2D eigenvalue weighted by molar-refractivity contribution is 7.92. The van der Waals surface area contributed by atoms with Crippen molar-refractivity contribution in [3.63, 3.8) is 0 Å². The molecule has 4 aromatic rings. The number of benzene rings is 4. The number of halogens is 2. The molecule has 48 heavy (non-hydrogen) atoms. The van der Waals surface area contributed by atoms with Crippen molar-refractivity contribution in [1.82, 2.24) is 10.2 Å². The zero-order chi connectivity index (χ0) is 34.8. The van der Waals surface area contributed by atoms with Crippen LogP contribution in [0.25, 0.3) is 0 Å². The Labute approximate surface area is 285 Å². The van der Waals surface area contributed by atoms with Crippen molar-refractivity contribution in [2.24, 2.45) is 0 Å². The van der Waals surface area contributed by atoms with Gasteiger partial charge >= 0.3 is 0 Å². The van der Waals surface area contributed by atoms with Gasteiger partial charge in [-0.2, -0.15) is 0 Å². The largest absolute Gasteiger partial charge is 0.495 e. The van der Waals surface area contributed by atoms with Gasteiger partial charge in [0, 0.05) is 30.6 Å². The van der Waals surface area contributed by atoms with Crippen LogP contribution in [0.2, 0.25) is 5.02 Å². The lowest BCUT2D eigenvalue weighted by molar-refractivity contribution is -0.140. The molecule has 0 aliphatic heterocycles. The van der Waals surface area contributed by atoms with Gasteiger partial charge in [-0.3, -0.25) is 13.9 Å². The standard InChI is InChI=1S/C35H37ClFN3O7S/c1-5-38-35(42)30(19-24-9-7-6-8-10-24)39(22-25-11-14-27(37)15-12-25)34(41)23-40(29-20-26(36)13-17-31(29)45-2)48(43,44)28-16-18-32(46-3)33(21-28)47-4/h6-18,20-21,30H,5,19,22-23H2,1-4H3,(H,38,42)/t30-/m0/s1. The number of methoxy groups -OCH3 is 3. The normalized spacial score (nSPS) is 11.7. The molecule has 0 aliphatic rings. The van der Waals surface area contributed by atoms with E-state index >= 15 is 0 Å². The molecule has 0 saturated heterocycles. The maximum Gasteiger partial charge on any atom is 0.265 e. The first-order valence-electron chi connectivity index (χ1n) is 15.0. The Morgan fingerprint density at radius 1 is 0.833 bits per heavy atom. The van der Waals surface area contributed by atoms with Crippen LogP contribution in [-0.4, -0.2) is 65.6 Å². The molecule has 0 spiro atoms. The Balaban J connectivity index is 1.87. The fourth-order valence-corrected chi connectivity index (χ4v) is 6.71. The van der Waals surface area contributed by atoms with Crippen molar-refractivity contribution in [3.05, 3.63) is 113 Å². The van der Waals surface area contributed by atoms with Crippen molar-refractivity contribution in [2.45, 2.75) is 30.8 Å². The summed E-state index contributed by atoms with van der Waals surface area (Å²) < 4.78 is 59.8. The second-order valence-corrected chi connectivity index (χ2v) is 12.9. The van der Waals surface area contributed by atoms with Crippen LogP contribution >= 0.6 is 11.6 Å². The van der Waals surface area contributed by atoms with E-state index in [0.717, 1.165) is 9.87 Å². The predicted octanol–water partition coefficient (Wildman–Crippen LogP) is 5.48. The van der Waals surface area contributed by atoms with E-state index < -0.39 is 40.2 Å². The first-order chi connectivity index (χ1) is 23.0. The highest BCUT2D eigenvalue weighted by atomic mass is 35.5. The van der Waals surface area contributed by atoms with Crippen molar-refractivity contribution in [2.75, 3.05) is 38.7 Å². The highest BCUT2D eigenvalue weighted by Crippen LogP contribution is 2.37. The molecule has 1 N–H and O–H groups in total. The summed E-state index contributed by atoms with van der Waals surface area (Å²) in [4.78, 5) is 29.3. The molecule has 1 atom stereocenters. The summed E-state index contributed by atoms with van der Waals surface area (Å²) in [6.45, 7) is 1.18. The molecule has 13 heteroatoms. The second-order valence-electron chi connectivity index (χ2n) is 10.6. The lowest BCUT2D eigenvalue weighted by atomic mass is 10.0. The van der Waals surface area contributed by atoms with Crippen LogP contribution in [0, 0.1) is 5.82 Å². The van der Waals surface area contributed by atoms with Gasteiger partial charge in [0.2, 0.25) is 11.8 Å². The van der Waals surface area contributed by atoms with E-state index in [-0.39, 0.29) is 40.1 Å². The first-order valence-corrected chi connectivity index (χ1v) is 16.8. The fraction of sp³-hybridized carbons (Fsp3) is 0.257. The Hall–Kier alpha value is -4.81. The van der Waals surface area contributed by atoms with Crippen LogP contribution in [0.5, 0.6) is 17.2 Å². The average Bonchev–Trinajstić information content (AvgIpc) is 3.09. The maximum absolute atomic E-state index is 14.6. The molecule has 0 fully saturated rings. The van der Waals surface area contributed by atoms with Gasteiger partial charge in [0.25, 0.3) is 10.0 Å². The average molecular weight is 698 g/mol. The number of nitrogens with zero attached hydrogens (tertiary/aromatic N) is 2. The van der Waals surface area contributed by atoms with Crippen molar-refractivity contribution in [1.29, 1.82) is 0 Å². The van der Waals surface area contributed by atoms with E-state index in [4.69, 9.17) is 25.8 Å². The number of carbonyl (C=O) groups is 2. The number of hydrogen-bond donors (Lipinski definition) is 1.